The van der Waals surface area contributed by atoms with Gasteiger partial charge in [0.15, 0.2) is 0 Å². The van der Waals surface area contributed by atoms with Gasteiger partial charge in [0.1, 0.15) is 11.6 Å². The van der Waals surface area contributed by atoms with Gasteiger partial charge >= 0.3 is 0 Å². The molecule has 0 radical (unpaired) electrons. The van der Waals surface area contributed by atoms with Crippen LogP contribution in [0.3, 0.4) is 0 Å². The molecule has 0 spiro atoms. The first-order chi connectivity index (χ1) is 8.27. The first kappa shape index (κ1) is 12.4. The van der Waals surface area contributed by atoms with Crippen molar-refractivity contribution in [3.8, 4) is 0 Å². The largest absolute Gasteiger partial charge is 0.384 e. The lowest BCUT2D eigenvalue weighted by Gasteiger charge is -2.20. The Balaban J connectivity index is 2.27. The lowest BCUT2D eigenvalue weighted by Crippen LogP contribution is -2.16. The third kappa shape index (κ3) is 2.46. The van der Waals surface area contributed by atoms with E-state index in [0.717, 1.165) is 62.8 Å². The molecule has 2 heterocycles. The summed E-state index contributed by atoms with van der Waals surface area (Å²) in [5.41, 5.74) is 7.37. The van der Waals surface area contributed by atoms with Gasteiger partial charge in [-0.05, 0) is 19.3 Å². The number of nitrogen functional groups attached to an aromatic ring is 1. The first-order valence-corrected chi connectivity index (χ1v) is 6.70. The maximum atomic E-state index is 6.26. The highest BCUT2D eigenvalue weighted by atomic mass is 16.5. The van der Waals surface area contributed by atoms with Crippen LogP contribution in [0, 0.1) is 0 Å². The van der Waals surface area contributed by atoms with Crippen LogP contribution in [0.2, 0.25) is 0 Å². The predicted molar refractivity (Wildman–Crippen MR) is 69.1 cm³/mol. The fraction of sp³-hybridized carbons (Fsp3) is 0.769. The molecule has 1 saturated heterocycles. The van der Waals surface area contributed by atoms with Gasteiger partial charge in [-0.3, -0.25) is 0 Å². The molecular formula is C13H23N3O. The van der Waals surface area contributed by atoms with E-state index in [1.165, 1.54) is 0 Å². The quantitative estimate of drug-likeness (QED) is 0.874. The highest BCUT2D eigenvalue weighted by molar-refractivity contribution is 5.41. The summed E-state index contributed by atoms with van der Waals surface area (Å²) < 4.78 is 7.58. The molecule has 1 fully saturated rings. The van der Waals surface area contributed by atoms with Crippen molar-refractivity contribution < 1.29 is 4.74 Å². The highest BCUT2D eigenvalue weighted by Gasteiger charge is 2.23. The Labute approximate surface area is 103 Å². The second-order valence-electron chi connectivity index (χ2n) is 4.69. The maximum absolute atomic E-state index is 6.26. The molecule has 0 atom stereocenters. The summed E-state index contributed by atoms with van der Waals surface area (Å²) in [7, 11) is 0. The number of rotatable bonds is 4. The van der Waals surface area contributed by atoms with Crippen molar-refractivity contribution in [2.24, 2.45) is 0 Å². The number of aromatic nitrogens is 2. The van der Waals surface area contributed by atoms with Crippen LogP contribution in [0.15, 0.2) is 0 Å². The van der Waals surface area contributed by atoms with Crippen LogP contribution in [0.25, 0.3) is 0 Å². The Bertz CT molecular complexity index is 367. The van der Waals surface area contributed by atoms with Crippen molar-refractivity contribution in [3.05, 3.63) is 11.5 Å². The molecule has 1 aromatic rings. The minimum absolute atomic E-state index is 0.493. The lowest BCUT2D eigenvalue weighted by molar-refractivity contribution is 0.0847. The Kier molecular flexibility index (Phi) is 4.05. The van der Waals surface area contributed by atoms with E-state index in [9.17, 15) is 0 Å². The fourth-order valence-corrected chi connectivity index (χ4v) is 2.55. The minimum Gasteiger partial charge on any atom is -0.384 e. The Morgan fingerprint density at radius 2 is 2.06 bits per heavy atom. The van der Waals surface area contributed by atoms with E-state index in [1.807, 2.05) is 0 Å². The monoisotopic (exact) mass is 237 g/mol. The molecule has 17 heavy (non-hydrogen) atoms. The topological polar surface area (TPSA) is 53.1 Å². The zero-order valence-electron chi connectivity index (χ0n) is 10.9. The molecule has 2 rings (SSSR count). The van der Waals surface area contributed by atoms with E-state index in [-0.39, 0.29) is 0 Å². The van der Waals surface area contributed by atoms with E-state index in [0.29, 0.717) is 5.92 Å². The van der Waals surface area contributed by atoms with Gasteiger partial charge in [0, 0.05) is 32.1 Å². The fourth-order valence-electron chi connectivity index (χ4n) is 2.55. The number of nitrogens with two attached hydrogens (primary N) is 1. The third-order valence-electron chi connectivity index (χ3n) is 3.49. The van der Waals surface area contributed by atoms with Crippen molar-refractivity contribution in [2.45, 2.75) is 52.0 Å². The molecule has 2 N–H and O–H groups in total. The zero-order valence-corrected chi connectivity index (χ0v) is 10.9. The van der Waals surface area contributed by atoms with Gasteiger partial charge in [-0.1, -0.05) is 13.8 Å². The molecule has 0 saturated carbocycles. The van der Waals surface area contributed by atoms with Crippen molar-refractivity contribution in [2.75, 3.05) is 18.9 Å². The van der Waals surface area contributed by atoms with E-state index < -0.39 is 0 Å². The Hall–Kier alpha value is -1.03. The normalized spacial score (nSPS) is 17.5. The summed E-state index contributed by atoms with van der Waals surface area (Å²) in [5, 5.41) is 0. The van der Waals surface area contributed by atoms with Crippen LogP contribution >= 0.6 is 0 Å². The lowest BCUT2D eigenvalue weighted by atomic mass is 9.96. The molecule has 1 aliphatic heterocycles. The van der Waals surface area contributed by atoms with Crippen molar-refractivity contribution >= 4 is 5.82 Å². The summed E-state index contributed by atoms with van der Waals surface area (Å²) in [6.45, 7) is 6.97. The number of imidazole rings is 1. The Morgan fingerprint density at radius 3 is 2.65 bits per heavy atom. The molecule has 1 aliphatic rings. The predicted octanol–water partition coefficient (Wildman–Crippen LogP) is 2.33. The van der Waals surface area contributed by atoms with Crippen LogP contribution < -0.4 is 5.73 Å². The summed E-state index contributed by atoms with van der Waals surface area (Å²) in [5.74, 6) is 2.51. The second-order valence-corrected chi connectivity index (χ2v) is 4.69. The molecule has 0 bridgehead atoms. The zero-order chi connectivity index (χ0) is 12.3. The van der Waals surface area contributed by atoms with Crippen molar-refractivity contribution in [1.29, 1.82) is 0 Å². The molecular weight excluding hydrogens is 214 g/mol. The first-order valence-electron chi connectivity index (χ1n) is 6.70. The van der Waals surface area contributed by atoms with Gasteiger partial charge < -0.3 is 15.0 Å². The van der Waals surface area contributed by atoms with Crippen LogP contribution in [0.4, 0.5) is 5.82 Å². The van der Waals surface area contributed by atoms with Crippen LogP contribution in [-0.2, 0) is 17.7 Å². The second kappa shape index (κ2) is 5.54. The molecule has 1 aromatic heterocycles. The van der Waals surface area contributed by atoms with Gasteiger partial charge in [0.25, 0.3) is 0 Å². The average molecular weight is 237 g/mol. The number of nitrogens with zero attached hydrogens (tertiary/aromatic N) is 2. The molecule has 0 aliphatic carbocycles. The number of hydrogen-bond donors (Lipinski definition) is 1. The standard InChI is InChI=1S/C13H23N3O/c1-3-7-16-11(4-2)15-12(13(16)14)10-5-8-17-9-6-10/h10H,3-9,14H2,1-2H3. The summed E-state index contributed by atoms with van der Waals surface area (Å²) >= 11 is 0. The van der Waals surface area contributed by atoms with Crippen molar-refractivity contribution in [3.63, 3.8) is 0 Å². The summed E-state index contributed by atoms with van der Waals surface area (Å²) in [6, 6.07) is 0. The van der Waals surface area contributed by atoms with Crippen LogP contribution in [-0.4, -0.2) is 22.8 Å². The smallest absolute Gasteiger partial charge is 0.127 e. The summed E-state index contributed by atoms with van der Waals surface area (Å²) in [6.07, 6.45) is 4.15. The average Bonchev–Trinajstić information content (AvgIpc) is 2.69. The molecule has 96 valence electrons. The number of hydrogen-bond acceptors (Lipinski definition) is 3. The van der Waals surface area contributed by atoms with E-state index in [1.54, 1.807) is 0 Å². The molecule has 0 amide bonds. The molecule has 4 heteroatoms. The van der Waals surface area contributed by atoms with Crippen molar-refractivity contribution in [1.82, 2.24) is 9.55 Å². The van der Waals surface area contributed by atoms with Crippen LogP contribution in [0.5, 0.6) is 0 Å². The van der Waals surface area contributed by atoms with Gasteiger partial charge in [-0.15, -0.1) is 0 Å². The number of ether oxygens (including phenoxy) is 1. The Morgan fingerprint density at radius 1 is 1.35 bits per heavy atom. The van der Waals surface area contributed by atoms with Gasteiger partial charge in [0.05, 0.1) is 5.69 Å². The summed E-state index contributed by atoms with van der Waals surface area (Å²) in [4.78, 5) is 4.75. The minimum atomic E-state index is 0.493. The van der Waals surface area contributed by atoms with E-state index in [4.69, 9.17) is 15.5 Å². The van der Waals surface area contributed by atoms with E-state index in [2.05, 4.69) is 18.4 Å². The maximum Gasteiger partial charge on any atom is 0.127 e. The molecule has 0 aromatic carbocycles. The van der Waals surface area contributed by atoms with Crippen LogP contribution in [0.1, 0.15) is 50.5 Å². The number of aryl methyl sites for hydroxylation is 1. The highest BCUT2D eigenvalue weighted by Crippen LogP contribution is 2.31. The molecule has 4 nitrogen and oxygen atoms in total. The van der Waals surface area contributed by atoms with Gasteiger partial charge in [-0.2, -0.15) is 0 Å². The van der Waals surface area contributed by atoms with Gasteiger partial charge in [-0.25, -0.2) is 4.98 Å². The SMILES string of the molecule is CCCn1c(CC)nc(C2CCOCC2)c1N. The van der Waals surface area contributed by atoms with E-state index >= 15 is 0 Å². The van der Waals surface area contributed by atoms with Gasteiger partial charge in [0.2, 0.25) is 0 Å². The molecule has 0 unspecified atom stereocenters. The number of anilines is 1. The third-order valence-corrected chi connectivity index (χ3v) is 3.49.